The van der Waals surface area contributed by atoms with Crippen LogP contribution in [0.15, 0.2) is 16.9 Å². The van der Waals surface area contributed by atoms with Crippen LogP contribution in [0.25, 0.3) is 0 Å². The van der Waals surface area contributed by atoms with E-state index in [4.69, 9.17) is 5.73 Å². The highest BCUT2D eigenvalue weighted by Gasteiger charge is 2.31. The monoisotopic (exact) mass is 208 g/mol. The second-order valence-electron chi connectivity index (χ2n) is 2.47. The smallest absolute Gasteiger partial charge is 0.390 e. The van der Waals surface area contributed by atoms with Gasteiger partial charge in [0, 0.05) is 18.7 Å². The minimum atomic E-state index is -4.82. The number of aromatic amines is 1. The van der Waals surface area contributed by atoms with E-state index in [1.807, 2.05) is 4.98 Å². The first kappa shape index (κ1) is 10.6. The van der Waals surface area contributed by atoms with E-state index in [0.717, 1.165) is 12.1 Å². The van der Waals surface area contributed by atoms with Crippen molar-refractivity contribution in [1.82, 2.24) is 4.98 Å². The lowest BCUT2D eigenvalue weighted by Gasteiger charge is -2.08. The van der Waals surface area contributed by atoms with Crippen molar-refractivity contribution in [3.8, 4) is 5.88 Å². The van der Waals surface area contributed by atoms with Crippen LogP contribution in [-0.2, 0) is 6.54 Å². The quantitative estimate of drug-likeness (QED) is 0.752. The van der Waals surface area contributed by atoms with Gasteiger partial charge in [-0.05, 0) is 5.56 Å². The minimum absolute atomic E-state index is 0.0296. The summed E-state index contributed by atoms with van der Waals surface area (Å²) in [6.07, 6.45) is -4.82. The molecule has 0 aliphatic heterocycles. The molecule has 0 aliphatic rings. The van der Waals surface area contributed by atoms with Crippen LogP contribution >= 0.6 is 0 Å². The summed E-state index contributed by atoms with van der Waals surface area (Å²) in [5.74, 6) is -0.662. The maximum atomic E-state index is 11.7. The van der Waals surface area contributed by atoms with E-state index in [-0.39, 0.29) is 12.1 Å². The van der Waals surface area contributed by atoms with Gasteiger partial charge in [-0.1, -0.05) is 0 Å². The predicted molar refractivity (Wildman–Crippen MR) is 41.6 cm³/mol. The zero-order chi connectivity index (χ0) is 10.8. The highest BCUT2D eigenvalue weighted by atomic mass is 19.4. The lowest BCUT2D eigenvalue weighted by Crippen LogP contribution is -2.20. The molecule has 0 saturated heterocycles. The number of hydrogen-bond acceptors (Lipinski definition) is 3. The van der Waals surface area contributed by atoms with Gasteiger partial charge < -0.3 is 10.5 Å². The van der Waals surface area contributed by atoms with Crippen molar-refractivity contribution in [3.63, 3.8) is 0 Å². The molecular weight excluding hydrogens is 201 g/mol. The Kier molecular flexibility index (Phi) is 2.80. The topological polar surface area (TPSA) is 68.1 Å². The zero-order valence-electron chi connectivity index (χ0n) is 6.89. The number of H-pyrrole nitrogens is 1. The lowest BCUT2D eigenvalue weighted by atomic mass is 10.3. The Hall–Kier alpha value is -1.50. The van der Waals surface area contributed by atoms with Crippen LogP contribution in [0.5, 0.6) is 5.88 Å². The Morgan fingerprint density at radius 2 is 2.07 bits per heavy atom. The van der Waals surface area contributed by atoms with Gasteiger partial charge in [-0.2, -0.15) is 0 Å². The molecule has 7 heteroatoms. The molecule has 0 radical (unpaired) electrons. The van der Waals surface area contributed by atoms with E-state index in [1.54, 1.807) is 0 Å². The van der Waals surface area contributed by atoms with Gasteiger partial charge in [-0.3, -0.25) is 9.78 Å². The first-order valence-electron chi connectivity index (χ1n) is 3.60. The number of nitrogens with two attached hydrogens (primary N) is 1. The number of nitrogens with one attached hydrogen (secondary N) is 1. The Balaban J connectivity index is 2.98. The Bertz CT molecular complexity index is 372. The molecule has 14 heavy (non-hydrogen) atoms. The first-order chi connectivity index (χ1) is 6.40. The second-order valence-corrected chi connectivity index (χ2v) is 2.47. The number of alkyl halides is 3. The summed E-state index contributed by atoms with van der Waals surface area (Å²) in [6.45, 7) is -0.0296. The van der Waals surface area contributed by atoms with Crippen LogP contribution in [0.1, 0.15) is 5.56 Å². The van der Waals surface area contributed by atoms with Crippen molar-refractivity contribution in [3.05, 3.63) is 28.0 Å². The normalized spacial score (nSPS) is 11.4. The van der Waals surface area contributed by atoms with Gasteiger partial charge in [-0.15, -0.1) is 13.2 Å². The molecule has 1 rings (SSSR count). The van der Waals surface area contributed by atoms with Gasteiger partial charge in [0.05, 0.1) is 0 Å². The van der Waals surface area contributed by atoms with E-state index in [0.29, 0.717) is 0 Å². The summed E-state index contributed by atoms with van der Waals surface area (Å²) in [7, 11) is 0. The molecule has 1 aromatic heterocycles. The SMILES string of the molecule is NCc1cc(OC(F)(F)F)[nH]c(=O)c1. The number of halogens is 3. The van der Waals surface area contributed by atoms with Crippen molar-refractivity contribution in [2.75, 3.05) is 0 Å². The molecule has 0 spiro atoms. The molecule has 0 saturated carbocycles. The highest BCUT2D eigenvalue weighted by molar-refractivity contribution is 5.20. The van der Waals surface area contributed by atoms with Gasteiger partial charge in [0.15, 0.2) is 0 Å². The number of rotatable bonds is 2. The summed E-state index contributed by atoms with van der Waals surface area (Å²) in [6, 6.07) is 2.12. The summed E-state index contributed by atoms with van der Waals surface area (Å²) in [4.78, 5) is 12.7. The molecule has 0 fully saturated rings. The van der Waals surface area contributed by atoms with E-state index < -0.39 is 17.8 Å². The average Bonchev–Trinajstić information content (AvgIpc) is 1.99. The molecule has 0 amide bonds. The average molecular weight is 208 g/mol. The fourth-order valence-corrected chi connectivity index (χ4v) is 0.870. The van der Waals surface area contributed by atoms with Gasteiger partial charge in [0.1, 0.15) is 0 Å². The minimum Gasteiger partial charge on any atom is -0.390 e. The molecule has 0 aromatic carbocycles. The van der Waals surface area contributed by atoms with Crippen LogP contribution in [-0.4, -0.2) is 11.3 Å². The third kappa shape index (κ3) is 3.09. The maximum absolute atomic E-state index is 11.7. The van der Waals surface area contributed by atoms with Crippen molar-refractivity contribution < 1.29 is 17.9 Å². The number of pyridine rings is 1. The van der Waals surface area contributed by atoms with E-state index in [1.165, 1.54) is 0 Å². The molecule has 78 valence electrons. The molecule has 0 atom stereocenters. The molecule has 1 aromatic rings. The summed E-state index contributed by atoms with van der Waals surface area (Å²) in [5, 5.41) is 0. The molecule has 1 heterocycles. The van der Waals surface area contributed by atoms with E-state index >= 15 is 0 Å². The van der Waals surface area contributed by atoms with Gasteiger partial charge in [-0.25, -0.2) is 0 Å². The molecule has 3 N–H and O–H groups in total. The second kappa shape index (κ2) is 3.70. The van der Waals surface area contributed by atoms with Crippen LogP contribution in [0, 0.1) is 0 Å². The largest absolute Gasteiger partial charge is 0.574 e. The fourth-order valence-electron chi connectivity index (χ4n) is 0.870. The maximum Gasteiger partial charge on any atom is 0.574 e. The number of aromatic nitrogens is 1. The fraction of sp³-hybridized carbons (Fsp3) is 0.286. The van der Waals surface area contributed by atoms with Crippen molar-refractivity contribution in [1.29, 1.82) is 0 Å². The number of hydrogen-bond donors (Lipinski definition) is 2. The van der Waals surface area contributed by atoms with Gasteiger partial charge in [0.2, 0.25) is 5.88 Å². The van der Waals surface area contributed by atoms with Crippen LogP contribution in [0.3, 0.4) is 0 Å². The van der Waals surface area contributed by atoms with Crippen molar-refractivity contribution in [2.45, 2.75) is 12.9 Å². The molecule has 0 unspecified atom stereocenters. The standard InChI is InChI=1S/C7H7F3N2O2/c8-7(9,10)14-6-2-4(3-11)1-5(13)12-6/h1-2H,3,11H2,(H,12,13). The predicted octanol–water partition coefficient (Wildman–Crippen LogP) is 0.732. The van der Waals surface area contributed by atoms with Crippen LogP contribution in [0.2, 0.25) is 0 Å². The highest BCUT2D eigenvalue weighted by Crippen LogP contribution is 2.19. The Morgan fingerprint density at radius 3 is 2.57 bits per heavy atom. The summed E-state index contributed by atoms with van der Waals surface area (Å²) < 4.78 is 38.7. The zero-order valence-corrected chi connectivity index (χ0v) is 6.89. The Morgan fingerprint density at radius 1 is 1.43 bits per heavy atom. The van der Waals surface area contributed by atoms with Crippen molar-refractivity contribution in [2.24, 2.45) is 5.73 Å². The number of ether oxygens (including phenoxy) is 1. The van der Waals surface area contributed by atoms with E-state index in [9.17, 15) is 18.0 Å². The van der Waals surface area contributed by atoms with E-state index in [2.05, 4.69) is 4.74 Å². The molecule has 0 aliphatic carbocycles. The summed E-state index contributed by atoms with van der Waals surface area (Å²) in [5.41, 5.74) is 4.75. The van der Waals surface area contributed by atoms with Gasteiger partial charge >= 0.3 is 6.36 Å². The molecular formula is C7H7F3N2O2. The lowest BCUT2D eigenvalue weighted by molar-refractivity contribution is -0.276. The molecule has 4 nitrogen and oxygen atoms in total. The van der Waals surface area contributed by atoms with Crippen LogP contribution < -0.4 is 16.0 Å². The first-order valence-corrected chi connectivity index (χ1v) is 3.60. The van der Waals surface area contributed by atoms with Crippen LogP contribution in [0.4, 0.5) is 13.2 Å². The summed E-state index contributed by atoms with van der Waals surface area (Å²) >= 11 is 0. The Labute approximate surface area is 76.5 Å². The van der Waals surface area contributed by atoms with Gasteiger partial charge in [0.25, 0.3) is 5.56 Å². The third-order valence-corrected chi connectivity index (χ3v) is 1.34. The van der Waals surface area contributed by atoms with Crippen molar-refractivity contribution >= 4 is 0 Å². The molecule has 0 bridgehead atoms. The third-order valence-electron chi connectivity index (χ3n) is 1.34.